The number of guanidine groups is 1. The van der Waals surface area contributed by atoms with E-state index in [4.69, 9.17) is 19.9 Å². The van der Waals surface area contributed by atoms with Gasteiger partial charge >= 0.3 is 0 Å². The smallest absolute Gasteiger partial charge is 0.193 e. The van der Waals surface area contributed by atoms with Crippen LogP contribution in [-0.4, -0.2) is 32.8 Å². The highest BCUT2D eigenvalue weighted by atomic mass is 127. The summed E-state index contributed by atoms with van der Waals surface area (Å²) < 4.78 is 16.5. The van der Waals surface area contributed by atoms with E-state index in [9.17, 15) is 0 Å². The van der Waals surface area contributed by atoms with Crippen molar-refractivity contribution in [3.05, 3.63) is 48.0 Å². The van der Waals surface area contributed by atoms with E-state index in [2.05, 4.69) is 29.4 Å². The standard InChI is InChI=1S/C21H27N3O3.HI/c1-15(16-4-7-18(25-2)8-5-16)10-11-23-21(22)24-17-6-9-19-20(14-17)27-13-3-12-26-19;/h4-9,14-15H,3,10-13H2,1-2H3,(H3,22,23,24);1H. The molecule has 152 valence electrons. The number of anilines is 1. The van der Waals surface area contributed by atoms with Crippen molar-refractivity contribution >= 4 is 35.6 Å². The number of hydrogen-bond donors (Lipinski definition) is 2. The first kappa shape index (κ1) is 22.1. The molecule has 0 aliphatic carbocycles. The number of halogens is 1. The van der Waals surface area contributed by atoms with Crippen LogP contribution in [0.3, 0.4) is 0 Å². The van der Waals surface area contributed by atoms with E-state index in [1.807, 2.05) is 30.3 Å². The van der Waals surface area contributed by atoms with Crippen molar-refractivity contribution in [2.75, 3.05) is 32.2 Å². The van der Waals surface area contributed by atoms with Crippen LogP contribution in [0.5, 0.6) is 17.2 Å². The molecule has 28 heavy (non-hydrogen) atoms. The third kappa shape index (κ3) is 6.19. The van der Waals surface area contributed by atoms with E-state index in [0.29, 0.717) is 31.6 Å². The molecule has 3 N–H and O–H groups in total. The molecule has 0 aromatic heterocycles. The Morgan fingerprint density at radius 2 is 1.86 bits per heavy atom. The van der Waals surface area contributed by atoms with Crippen molar-refractivity contribution in [3.8, 4) is 17.2 Å². The highest BCUT2D eigenvalue weighted by Gasteiger charge is 2.11. The van der Waals surface area contributed by atoms with Gasteiger partial charge in [-0.3, -0.25) is 4.99 Å². The summed E-state index contributed by atoms with van der Waals surface area (Å²) in [4.78, 5) is 4.44. The lowest BCUT2D eigenvalue weighted by molar-refractivity contribution is 0.297. The van der Waals surface area contributed by atoms with Crippen molar-refractivity contribution in [2.45, 2.75) is 25.7 Å². The second-order valence-electron chi connectivity index (χ2n) is 6.57. The van der Waals surface area contributed by atoms with Crippen LogP contribution in [0.1, 0.15) is 31.2 Å². The molecule has 7 heteroatoms. The largest absolute Gasteiger partial charge is 0.497 e. The number of nitrogens with one attached hydrogen (secondary N) is 1. The molecule has 0 saturated carbocycles. The molecule has 3 rings (SSSR count). The van der Waals surface area contributed by atoms with Gasteiger partial charge in [-0.2, -0.15) is 0 Å². The first-order chi connectivity index (χ1) is 13.2. The van der Waals surface area contributed by atoms with Crippen molar-refractivity contribution in [1.82, 2.24) is 0 Å². The van der Waals surface area contributed by atoms with Crippen LogP contribution in [0.15, 0.2) is 47.5 Å². The number of rotatable bonds is 6. The lowest BCUT2D eigenvalue weighted by atomic mass is 9.98. The Kier molecular flexibility index (Phi) is 8.69. The highest BCUT2D eigenvalue weighted by molar-refractivity contribution is 14.0. The third-order valence-electron chi connectivity index (χ3n) is 4.55. The number of benzene rings is 2. The van der Waals surface area contributed by atoms with E-state index in [0.717, 1.165) is 35.8 Å². The molecule has 1 atom stereocenters. The van der Waals surface area contributed by atoms with Crippen LogP contribution < -0.4 is 25.3 Å². The molecule has 2 aromatic carbocycles. The van der Waals surface area contributed by atoms with E-state index >= 15 is 0 Å². The number of fused-ring (bicyclic) bond motifs is 1. The minimum absolute atomic E-state index is 0. The van der Waals surface area contributed by atoms with Gasteiger partial charge in [-0.15, -0.1) is 24.0 Å². The lowest BCUT2D eigenvalue weighted by Crippen LogP contribution is -2.23. The van der Waals surface area contributed by atoms with Gasteiger partial charge in [0, 0.05) is 24.7 Å². The van der Waals surface area contributed by atoms with Gasteiger partial charge in [0.05, 0.1) is 20.3 Å². The fourth-order valence-corrected chi connectivity index (χ4v) is 2.91. The quantitative estimate of drug-likeness (QED) is 0.352. The summed E-state index contributed by atoms with van der Waals surface area (Å²) in [7, 11) is 1.67. The van der Waals surface area contributed by atoms with Crippen LogP contribution in [0.2, 0.25) is 0 Å². The molecule has 2 aromatic rings. The molecule has 6 nitrogen and oxygen atoms in total. The van der Waals surface area contributed by atoms with E-state index in [-0.39, 0.29) is 24.0 Å². The van der Waals surface area contributed by atoms with Gasteiger partial charge in [0.25, 0.3) is 0 Å². The number of hydrogen-bond acceptors (Lipinski definition) is 4. The predicted molar refractivity (Wildman–Crippen MR) is 124 cm³/mol. The number of nitrogens with zero attached hydrogens (tertiary/aromatic N) is 1. The summed E-state index contributed by atoms with van der Waals surface area (Å²) in [6, 6.07) is 13.8. The minimum Gasteiger partial charge on any atom is -0.497 e. The van der Waals surface area contributed by atoms with Crippen LogP contribution in [0.4, 0.5) is 5.69 Å². The summed E-state index contributed by atoms with van der Waals surface area (Å²) in [6.45, 7) is 4.17. The molecule has 0 bridgehead atoms. The number of aliphatic imine (C=N–C) groups is 1. The number of ether oxygens (including phenoxy) is 3. The fourth-order valence-electron chi connectivity index (χ4n) is 2.91. The van der Waals surface area contributed by atoms with Crippen LogP contribution in [0, 0.1) is 0 Å². The Labute approximate surface area is 183 Å². The minimum atomic E-state index is 0. The zero-order chi connectivity index (χ0) is 19.1. The van der Waals surface area contributed by atoms with Crippen molar-refractivity contribution in [1.29, 1.82) is 0 Å². The molecule has 0 spiro atoms. The fraction of sp³-hybridized carbons (Fsp3) is 0.381. The molecular weight excluding hydrogens is 469 g/mol. The first-order valence-electron chi connectivity index (χ1n) is 9.26. The SMILES string of the molecule is COc1ccc(C(C)CCN=C(N)Nc2ccc3c(c2)OCCCO3)cc1.I. The average Bonchev–Trinajstić information content (AvgIpc) is 2.93. The zero-order valence-corrected chi connectivity index (χ0v) is 18.6. The van der Waals surface area contributed by atoms with Gasteiger partial charge in [0.1, 0.15) is 5.75 Å². The molecule has 0 radical (unpaired) electrons. The van der Waals surface area contributed by atoms with Crippen LogP contribution in [0.25, 0.3) is 0 Å². The Balaban J connectivity index is 0.00000280. The van der Waals surface area contributed by atoms with Crippen molar-refractivity contribution < 1.29 is 14.2 Å². The predicted octanol–water partition coefficient (Wildman–Crippen LogP) is 4.39. The molecule has 0 saturated heterocycles. The molecule has 0 amide bonds. The molecule has 1 aliphatic heterocycles. The summed E-state index contributed by atoms with van der Waals surface area (Å²) in [6.07, 6.45) is 1.79. The van der Waals surface area contributed by atoms with Crippen molar-refractivity contribution in [3.63, 3.8) is 0 Å². The molecule has 1 heterocycles. The second-order valence-corrected chi connectivity index (χ2v) is 6.57. The Morgan fingerprint density at radius 1 is 1.14 bits per heavy atom. The number of nitrogens with two attached hydrogens (primary N) is 1. The maximum absolute atomic E-state index is 6.03. The summed E-state index contributed by atoms with van der Waals surface area (Å²) in [5.41, 5.74) is 8.13. The van der Waals surface area contributed by atoms with E-state index in [1.54, 1.807) is 7.11 Å². The average molecular weight is 497 g/mol. The maximum Gasteiger partial charge on any atom is 0.193 e. The Bertz CT molecular complexity index is 781. The first-order valence-corrected chi connectivity index (χ1v) is 9.26. The maximum atomic E-state index is 6.03. The topological polar surface area (TPSA) is 78.1 Å². The van der Waals surface area contributed by atoms with Gasteiger partial charge < -0.3 is 25.3 Å². The van der Waals surface area contributed by atoms with Gasteiger partial charge in [-0.25, -0.2) is 0 Å². The summed E-state index contributed by atoms with van der Waals surface area (Å²) in [5.74, 6) is 3.16. The monoisotopic (exact) mass is 497 g/mol. The van der Waals surface area contributed by atoms with Gasteiger partial charge in [0.2, 0.25) is 0 Å². The Hall–Kier alpha value is -2.16. The van der Waals surface area contributed by atoms with Crippen LogP contribution >= 0.6 is 24.0 Å². The molecule has 1 aliphatic rings. The summed E-state index contributed by atoms with van der Waals surface area (Å²) in [5, 5.41) is 3.12. The second kappa shape index (κ2) is 11.0. The third-order valence-corrected chi connectivity index (χ3v) is 4.55. The van der Waals surface area contributed by atoms with Gasteiger partial charge in [-0.1, -0.05) is 19.1 Å². The molecule has 0 fully saturated rings. The zero-order valence-electron chi connectivity index (χ0n) is 16.3. The van der Waals surface area contributed by atoms with Crippen molar-refractivity contribution in [2.24, 2.45) is 10.7 Å². The number of methoxy groups -OCH3 is 1. The molecular formula is C21H28IN3O3. The Morgan fingerprint density at radius 3 is 2.57 bits per heavy atom. The van der Waals surface area contributed by atoms with E-state index in [1.165, 1.54) is 5.56 Å². The normalized spacial score (nSPS) is 14.4. The summed E-state index contributed by atoms with van der Waals surface area (Å²) >= 11 is 0. The van der Waals surface area contributed by atoms with Crippen LogP contribution in [-0.2, 0) is 0 Å². The van der Waals surface area contributed by atoms with E-state index < -0.39 is 0 Å². The molecule has 1 unspecified atom stereocenters. The lowest BCUT2D eigenvalue weighted by Gasteiger charge is -2.12. The highest BCUT2D eigenvalue weighted by Crippen LogP contribution is 2.32. The van der Waals surface area contributed by atoms with Gasteiger partial charge in [0.15, 0.2) is 17.5 Å². The van der Waals surface area contributed by atoms with Gasteiger partial charge in [-0.05, 0) is 42.2 Å².